The van der Waals surface area contributed by atoms with Gasteiger partial charge in [0.25, 0.3) is 0 Å². The molecule has 1 unspecified atom stereocenters. The van der Waals surface area contributed by atoms with Crippen LogP contribution in [0.5, 0.6) is 0 Å². The van der Waals surface area contributed by atoms with Crippen LogP contribution in [0, 0.1) is 0 Å². The van der Waals surface area contributed by atoms with Gasteiger partial charge in [0.15, 0.2) is 6.10 Å². The minimum atomic E-state index is -0.811. The highest BCUT2D eigenvalue weighted by Crippen LogP contribution is 2.14. The summed E-state index contributed by atoms with van der Waals surface area (Å²) in [5.41, 5.74) is 0. The van der Waals surface area contributed by atoms with Crippen LogP contribution in [-0.4, -0.2) is 37.2 Å². The second-order valence-electron chi connectivity index (χ2n) is 17.1. The number of ether oxygens (including phenoxy) is 3. The van der Waals surface area contributed by atoms with Crippen molar-refractivity contribution in [2.24, 2.45) is 0 Å². The van der Waals surface area contributed by atoms with E-state index in [1.54, 1.807) is 0 Å². The molecule has 0 bridgehead atoms. The number of carbonyl (C=O) groups is 3. The van der Waals surface area contributed by atoms with Crippen molar-refractivity contribution in [3.63, 3.8) is 0 Å². The van der Waals surface area contributed by atoms with E-state index in [1.165, 1.54) is 116 Å². The summed E-state index contributed by atoms with van der Waals surface area (Å²) in [6, 6.07) is 0. The molecule has 0 aliphatic rings. The Kier molecular flexibility index (Phi) is 47.9. The van der Waals surface area contributed by atoms with E-state index < -0.39 is 6.10 Å². The van der Waals surface area contributed by atoms with Crippen LogP contribution in [0.15, 0.2) is 72.9 Å². The smallest absolute Gasteiger partial charge is 0.306 e. The summed E-state index contributed by atoms with van der Waals surface area (Å²) in [5.74, 6) is -1.00. The maximum Gasteiger partial charge on any atom is 0.306 e. The first-order chi connectivity index (χ1) is 30.5. The zero-order valence-corrected chi connectivity index (χ0v) is 40.6. The molecule has 0 fully saturated rings. The van der Waals surface area contributed by atoms with Crippen LogP contribution in [0.25, 0.3) is 0 Å². The van der Waals surface area contributed by atoms with Crippen LogP contribution in [-0.2, 0) is 28.6 Å². The minimum absolute atomic E-state index is 0.105. The monoisotopic (exact) mass is 865 g/mol. The van der Waals surface area contributed by atoms with Crippen LogP contribution in [0.1, 0.15) is 245 Å². The molecule has 0 aromatic carbocycles. The van der Waals surface area contributed by atoms with Crippen LogP contribution in [0.3, 0.4) is 0 Å². The van der Waals surface area contributed by atoms with Crippen molar-refractivity contribution >= 4 is 17.9 Å². The fourth-order valence-corrected chi connectivity index (χ4v) is 7.08. The summed E-state index contributed by atoms with van der Waals surface area (Å²) in [5, 5.41) is 0. The number of esters is 3. The highest BCUT2D eigenvalue weighted by atomic mass is 16.6. The highest BCUT2D eigenvalue weighted by Gasteiger charge is 2.19. The van der Waals surface area contributed by atoms with E-state index >= 15 is 0 Å². The molecular formula is C56H96O6. The molecule has 0 rings (SSSR count). The average Bonchev–Trinajstić information content (AvgIpc) is 3.27. The largest absolute Gasteiger partial charge is 0.462 e. The Hall–Kier alpha value is -3.15. The Balaban J connectivity index is 4.44. The van der Waals surface area contributed by atoms with Crippen molar-refractivity contribution in [1.82, 2.24) is 0 Å². The van der Waals surface area contributed by atoms with Crippen molar-refractivity contribution in [1.29, 1.82) is 0 Å². The van der Waals surface area contributed by atoms with E-state index in [2.05, 4.69) is 87.6 Å². The number of hydrogen-bond acceptors (Lipinski definition) is 6. The molecule has 1 atom stereocenters. The van der Waals surface area contributed by atoms with Gasteiger partial charge in [-0.3, -0.25) is 14.4 Å². The van der Waals surface area contributed by atoms with Crippen molar-refractivity contribution in [3.8, 4) is 0 Å². The van der Waals surface area contributed by atoms with Gasteiger partial charge in [-0.15, -0.1) is 0 Å². The Morgan fingerprint density at radius 1 is 0.355 bits per heavy atom. The van der Waals surface area contributed by atoms with Gasteiger partial charge in [-0.1, -0.05) is 216 Å². The zero-order valence-electron chi connectivity index (χ0n) is 40.6. The molecule has 0 aliphatic carbocycles. The SMILES string of the molecule is CC\C=C/C=C\C=C/CCCCCCCC(=O)OC(COC(=O)CC/C=C\C/C=C\CCCCCCCC)COC(=O)CCCCCCC/C=C\CCCCCCCCCCC. The molecule has 0 saturated heterocycles. The van der Waals surface area contributed by atoms with Gasteiger partial charge in [0, 0.05) is 19.3 Å². The second-order valence-corrected chi connectivity index (χ2v) is 17.1. The number of allylic oxidation sites excluding steroid dienone is 12. The lowest BCUT2D eigenvalue weighted by Crippen LogP contribution is -2.30. The lowest BCUT2D eigenvalue weighted by atomic mass is 10.1. The van der Waals surface area contributed by atoms with E-state index in [-0.39, 0.29) is 37.5 Å². The third kappa shape index (κ3) is 47.9. The van der Waals surface area contributed by atoms with Crippen molar-refractivity contribution in [3.05, 3.63) is 72.9 Å². The predicted octanol–water partition coefficient (Wildman–Crippen LogP) is 17.0. The van der Waals surface area contributed by atoms with Gasteiger partial charge in [-0.05, 0) is 83.5 Å². The number of hydrogen-bond donors (Lipinski definition) is 0. The highest BCUT2D eigenvalue weighted by molar-refractivity contribution is 5.71. The molecule has 0 N–H and O–H groups in total. The quantitative estimate of drug-likeness (QED) is 0.0199. The van der Waals surface area contributed by atoms with Crippen LogP contribution in [0.2, 0.25) is 0 Å². The van der Waals surface area contributed by atoms with Crippen LogP contribution < -0.4 is 0 Å². The molecule has 0 saturated carbocycles. The molecule has 0 aromatic rings. The van der Waals surface area contributed by atoms with Gasteiger partial charge >= 0.3 is 17.9 Å². The number of unbranched alkanes of at least 4 members (excludes halogenated alkanes) is 25. The Morgan fingerprint density at radius 3 is 1.21 bits per heavy atom. The fraction of sp³-hybridized carbons (Fsp3) is 0.732. The summed E-state index contributed by atoms with van der Waals surface area (Å²) in [7, 11) is 0. The van der Waals surface area contributed by atoms with E-state index in [1.807, 2.05) is 6.08 Å². The third-order valence-electron chi connectivity index (χ3n) is 11.0. The molecular weight excluding hydrogens is 769 g/mol. The van der Waals surface area contributed by atoms with Gasteiger partial charge in [0.05, 0.1) is 0 Å². The summed E-state index contributed by atoms with van der Waals surface area (Å²) in [6.45, 7) is 6.42. The maximum absolute atomic E-state index is 12.8. The van der Waals surface area contributed by atoms with E-state index in [9.17, 15) is 14.4 Å². The Bertz CT molecular complexity index is 1180. The summed E-state index contributed by atoms with van der Waals surface area (Å²) in [6.07, 6.45) is 63.3. The Labute approximate surface area is 382 Å². The molecule has 0 radical (unpaired) electrons. The topological polar surface area (TPSA) is 78.9 Å². The van der Waals surface area contributed by atoms with E-state index in [0.717, 1.165) is 83.5 Å². The standard InChI is InChI=1S/C56H96O6/c1-4-7-10-13-16-19-22-25-26-27-28-29-32-34-37-40-43-46-49-55(58)61-52-53(62-56(59)50-47-44-41-38-35-31-24-21-18-15-12-9-6-3)51-60-54(57)48-45-42-39-36-33-30-23-20-17-14-11-8-5-2/h9,12,15,18,21,24,28-30,33,39,42,53H,4-8,10-11,13-14,16-17,19-20,22-23,25-27,31-32,34-38,40-41,43-52H2,1-3H3/b12-9-,18-15-,24-21-,29-28-,33-30-,42-39-. The molecule has 0 aliphatic heterocycles. The third-order valence-corrected chi connectivity index (χ3v) is 11.0. The zero-order chi connectivity index (χ0) is 45.1. The molecule has 6 heteroatoms. The summed E-state index contributed by atoms with van der Waals surface area (Å²) >= 11 is 0. The fourth-order valence-electron chi connectivity index (χ4n) is 7.08. The van der Waals surface area contributed by atoms with Crippen molar-refractivity contribution in [2.75, 3.05) is 13.2 Å². The first-order valence-corrected chi connectivity index (χ1v) is 26.0. The van der Waals surface area contributed by atoms with Crippen molar-refractivity contribution < 1.29 is 28.6 Å². The van der Waals surface area contributed by atoms with Crippen LogP contribution >= 0.6 is 0 Å². The van der Waals surface area contributed by atoms with Gasteiger partial charge in [0.1, 0.15) is 13.2 Å². The molecule has 62 heavy (non-hydrogen) atoms. The van der Waals surface area contributed by atoms with Gasteiger partial charge in [0.2, 0.25) is 0 Å². The first kappa shape index (κ1) is 58.9. The molecule has 0 heterocycles. The molecule has 6 nitrogen and oxygen atoms in total. The first-order valence-electron chi connectivity index (χ1n) is 26.0. The average molecular weight is 865 g/mol. The van der Waals surface area contributed by atoms with Gasteiger partial charge in [-0.2, -0.15) is 0 Å². The maximum atomic E-state index is 12.8. The van der Waals surface area contributed by atoms with Gasteiger partial charge in [-0.25, -0.2) is 0 Å². The number of rotatable bonds is 46. The Morgan fingerprint density at radius 2 is 0.726 bits per heavy atom. The van der Waals surface area contributed by atoms with Gasteiger partial charge < -0.3 is 14.2 Å². The lowest BCUT2D eigenvalue weighted by molar-refractivity contribution is -0.166. The summed E-state index contributed by atoms with van der Waals surface area (Å²) in [4.78, 5) is 37.9. The molecule has 0 amide bonds. The second kappa shape index (κ2) is 50.5. The minimum Gasteiger partial charge on any atom is -0.462 e. The molecule has 0 aromatic heterocycles. The van der Waals surface area contributed by atoms with Crippen molar-refractivity contribution in [2.45, 2.75) is 252 Å². The summed E-state index contributed by atoms with van der Waals surface area (Å²) < 4.78 is 16.7. The van der Waals surface area contributed by atoms with E-state index in [4.69, 9.17) is 14.2 Å². The predicted molar refractivity (Wildman–Crippen MR) is 265 cm³/mol. The number of carbonyl (C=O) groups excluding carboxylic acids is 3. The van der Waals surface area contributed by atoms with E-state index in [0.29, 0.717) is 19.3 Å². The molecule has 356 valence electrons. The van der Waals surface area contributed by atoms with Crippen LogP contribution in [0.4, 0.5) is 0 Å². The lowest BCUT2D eigenvalue weighted by Gasteiger charge is -2.18. The normalized spacial score (nSPS) is 12.6. The molecule has 0 spiro atoms.